The van der Waals surface area contributed by atoms with Crippen molar-refractivity contribution in [3.05, 3.63) is 65.4 Å². The van der Waals surface area contributed by atoms with Gasteiger partial charge in [0.25, 0.3) is 5.91 Å². The van der Waals surface area contributed by atoms with Crippen LogP contribution in [0.3, 0.4) is 0 Å². The molecule has 6 nitrogen and oxygen atoms in total. The number of hydrogen-bond acceptors (Lipinski definition) is 3. The van der Waals surface area contributed by atoms with Crippen LogP contribution in [0.1, 0.15) is 21.5 Å². The molecular weight excluding hydrogens is 488 g/mol. The van der Waals surface area contributed by atoms with Gasteiger partial charge in [0, 0.05) is 43.3 Å². The standard InChI is InChI=1S/C21H17F6N3O3S/c22-20(23,24)13-9-14(21(25,26)27)11-15(10-13)34(32,33)30-7-5-29(6-8-30)19(31)17-12-28-18-4-2-1-3-16(17)18/h1-4,9-12,28H,5-8H2. The third kappa shape index (κ3) is 4.49. The zero-order valence-corrected chi connectivity index (χ0v) is 18.1. The van der Waals surface area contributed by atoms with Crippen LogP contribution in [0.4, 0.5) is 26.3 Å². The van der Waals surface area contributed by atoms with Gasteiger partial charge in [0.1, 0.15) is 0 Å². The van der Waals surface area contributed by atoms with Gasteiger partial charge in [0.05, 0.1) is 21.6 Å². The summed E-state index contributed by atoms with van der Waals surface area (Å²) in [5.74, 6) is -0.368. The van der Waals surface area contributed by atoms with Crippen LogP contribution < -0.4 is 0 Å². The highest BCUT2D eigenvalue weighted by Gasteiger charge is 2.40. The van der Waals surface area contributed by atoms with Crippen LogP contribution in [-0.4, -0.2) is 54.7 Å². The van der Waals surface area contributed by atoms with Crippen LogP contribution >= 0.6 is 0 Å². The molecule has 0 radical (unpaired) electrons. The third-order valence-corrected chi connectivity index (χ3v) is 7.42. The molecule has 1 aromatic heterocycles. The Hall–Kier alpha value is -3.06. The second-order valence-electron chi connectivity index (χ2n) is 7.69. The number of nitrogens with one attached hydrogen (secondary N) is 1. The molecule has 1 aliphatic rings. The molecule has 2 heterocycles. The molecule has 1 amide bonds. The molecule has 0 saturated carbocycles. The fourth-order valence-corrected chi connectivity index (χ4v) is 5.27. The first kappa shape index (κ1) is 24.1. The van der Waals surface area contributed by atoms with Gasteiger partial charge in [-0.25, -0.2) is 8.42 Å². The quantitative estimate of drug-likeness (QED) is 0.538. The molecule has 2 aromatic carbocycles. The zero-order chi connectivity index (χ0) is 24.9. The van der Waals surface area contributed by atoms with Crippen LogP contribution in [-0.2, 0) is 22.4 Å². The molecular formula is C21H17F6N3O3S. The number of alkyl halides is 6. The number of piperazine rings is 1. The van der Waals surface area contributed by atoms with Gasteiger partial charge in [-0.3, -0.25) is 4.79 Å². The summed E-state index contributed by atoms with van der Waals surface area (Å²) in [4.78, 5) is 16.1. The topological polar surface area (TPSA) is 73.5 Å². The monoisotopic (exact) mass is 505 g/mol. The molecule has 34 heavy (non-hydrogen) atoms. The second kappa shape index (κ2) is 8.31. The summed E-state index contributed by atoms with van der Waals surface area (Å²) in [6, 6.07) is 7.31. The highest BCUT2D eigenvalue weighted by molar-refractivity contribution is 7.89. The Labute approximate surface area is 189 Å². The van der Waals surface area contributed by atoms with Gasteiger partial charge >= 0.3 is 12.4 Å². The van der Waals surface area contributed by atoms with E-state index in [-0.39, 0.29) is 50.3 Å². The number of amides is 1. The lowest BCUT2D eigenvalue weighted by Crippen LogP contribution is -2.50. The second-order valence-corrected chi connectivity index (χ2v) is 9.62. The molecule has 1 N–H and O–H groups in total. The molecule has 3 aromatic rings. The SMILES string of the molecule is O=C(c1c[nH]c2ccccc12)N1CCN(S(=O)(=O)c2cc(C(F)(F)F)cc(C(F)(F)F)c2)CC1. The van der Waals surface area contributed by atoms with Crippen LogP contribution in [0.5, 0.6) is 0 Å². The zero-order valence-electron chi connectivity index (χ0n) is 17.2. The van der Waals surface area contributed by atoms with Gasteiger partial charge in [-0.2, -0.15) is 30.6 Å². The Morgan fingerprint density at radius 1 is 0.853 bits per heavy atom. The average Bonchev–Trinajstić information content (AvgIpc) is 3.21. The number of para-hydroxylation sites is 1. The molecule has 0 atom stereocenters. The number of aromatic amines is 1. The molecule has 1 fully saturated rings. The van der Waals surface area contributed by atoms with Gasteiger partial charge in [-0.1, -0.05) is 18.2 Å². The molecule has 0 bridgehead atoms. The maximum Gasteiger partial charge on any atom is 0.416 e. The molecule has 1 saturated heterocycles. The lowest BCUT2D eigenvalue weighted by Gasteiger charge is -2.34. The lowest BCUT2D eigenvalue weighted by atomic mass is 10.1. The maximum absolute atomic E-state index is 13.1. The number of carbonyl (C=O) groups excluding carboxylic acids is 1. The largest absolute Gasteiger partial charge is 0.416 e. The molecule has 182 valence electrons. The maximum atomic E-state index is 13.1. The van der Waals surface area contributed by atoms with E-state index in [1.165, 1.54) is 11.1 Å². The number of benzene rings is 2. The van der Waals surface area contributed by atoms with Crippen molar-refractivity contribution in [2.45, 2.75) is 17.2 Å². The Bertz CT molecular complexity index is 1310. The number of hydrogen-bond donors (Lipinski definition) is 1. The Balaban J connectivity index is 1.57. The summed E-state index contributed by atoms with van der Waals surface area (Å²) >= 11 is 0. The van der Waals surface area contributed by atoms with Gasteiger partial charge in [-0.05, 0) is 24.3 Å². The van der Waals surface area contributed by atoms with Gasteiger partial charge in [0.15, 0.2) is 0 Å². The number of halogens is 6. The number of fused-ring (bicyclic) bond motifs is 1. The number of sulfonamides is 1. The van der Waals surface area contributed by atoms with E-state index in [1.807, 2.05) is 0 Å². The van der Waals surface area contributed by atoms with Crippen molar-refractivity contribution in [3.63, 3.8) is 0 Å². The smallest absolute Gasteiger partial charge is 0.360 e. The van der Waals surface area contributed by atoms with Gasteiger partial charge < -0.3 is 9.88 Å². The number of aromatic nitrogens is 1. The van der Waals surface area contributed by atoms with Crippen molar-refractivity contribution < 1.29 is 39.6 Å². The minimum Gasteiger partial charge on any atom is -0.360 e. The van der Waals surface area contributed by atoms with E-state index in [0.717, 1.165) is 9.82 Å². The van der Waals surface area contributed by atoms with Crippen LogP contribution in [0.15, 0.2) is 53.6 Å². The first-order valence-electron chi connectivity index (χ1n) is 9.93. The molecule has 0 aliphatic carbocycles. The summed E-state index contributed by atoms with van der Waals surface area (Å²) in [6.07, 6.45) is -8.82. The van der Waals surface area contributed by atoms with Crippen LogP contribution in [0.2, 0.25) is 0 Å². The minimum absolute atomic E-state index is 0.0807. The molecule has 0 spiro atoms. The summed E-state index contributed by atoms with van der Waals surface area (Å²) in [7, 11) is -4.68. The van der Waals surface area contributed by atoms with Crippen molar-refractivity contribution in [1.82, 2.24) is 14.2 Å². The van der Waals surface area contributed by atoms with E-state index in [2.05, 4.69) is 4.98 Å². The highest BCUT2D eigenvalue weighted by atomic mass is 32.2. The minimum atomic E-state index is -5.17. The predicted molar refractivity (Wildman–Crippen MR) is 109 cm³/mol. The Kier molecular flexibility index (Phi) is 5.88. The summed E-state index contributed by atoms with van der Waals surface area (Å²) in [6.45, 7) is -0.729. The molecule has 4 rings (SSSR count). The Morgan fingerprint density at radius 2 is 1.41 bits per heavy atom. The van der Waals surface area contributed by atoms with Gasteiger partial charge in [0.2, 0.25) is 10.0 Å². The number of H-pyrrole nitrogens is 1. The van der Waals surface area contributed by atoms with Crippen molar-refractivity contribution >= 4 is 26.8 Å². The lowest BCUT2D eigenvalue weighted by molar-refractivity contribution is -0.143. The summed E-state index contributed by atoms with van der Waals surface area (Å²) in [5, 5.41) is 0.672. The summed E-state index contributed by atoms with van der Waals surface area (Å²) < 4.78 is 105. The van der Waals surface area contributed by atoms with E-state index in [9.17, 15) is 39.6 Å². The fourth-order valence-electron chi connectivity index (χ4n) is 3.77. The first-order valence-corrected chi connectivity index (χ1v) is 11.4. The van der Waals surface area contributed by atoms with Gasteiger partial charge in [-0.15, -0.1) is 0 Å². The van der Waals surface area contributed by atoms with Crippen molar-refractivity contribution in [2.24, 2.45) is 0 Å². The Morgan fingerprint density at radius 3 is 1.97 bits per heavy atom. The van der Waals surface area contributed by atoms with Crippen molar-refractivity contribution in [1.29, 1.82) is 0 Å². The molecule has 1 aliphatic heterocycles. The normalized spacial score (nSPS) is 16.2. The van der Waals surface area contributed by atoms with E-state index in [4.69, 9.17) is 0 Å². The van der Waals surface area contributed by atoms with Crippen molar-refractivity contribution in [3.8, 4) is 0 Å². The summed E-state index contributed by atoms with van der Waals surface area (Å²) in [5.41, 5.74) is -2.32. The third-order valence-electron chi connectivity index (χ3n) is 5.54. The fraction of sp³-hybridized carbons (Fsp3) is 0.286. The van der Waals surface area contributed by atoms with Crippen molar-refractivity contribution in [2.75, 3.05) is 26.2 Å². The average molecular weight is 505 g/mol. The number of carbonyl (C=O) groups is 1. The molecule has 0 unspecified atom stereocenters. The molecule has 13 heteroatoms. The predicted octanol–water partition coefficient (Wildman–Crippen LogP) is 4.35. The van der Waals surface area contributed by atoms with E-state index >= 15 is 0 Å². The van der Waals surface area contributed by atoms with E-state index in [0.29, 0.717) is 10.9 Å². The highest BCUT2D eigenvalue weighted by Crippen LogP contribution is 2.38. The first-order chi connectivity index (χ1) is 15.8. The van der Waals surface area contributed by atoms with Crippen LogP contribution in [0.25, 0.3) is 10.9 Å². The van der Waals surface area contributed by atoms with E-state index in [1.54, 1.807) is 24.3 Å². The van der Waals surface area contributed by atoms with Crippen LogP contribution in [0, 0.1) is 0 Å². The van der Waals surface area contributed by atoms with E-state index < -0.39 is 38.4 Å². The number of nitrogens with zero attached hydrogens (tertiary/aromatic N) is 2. The number of rotatable bonds is 3.